The number of aromatic nitrogens is 4. The van der Waals surface area contributed by atoms with E-state index in [1.165, 1.54) is 0 Å². The van der Waals surface area contributed by atoms with Gasteiger partial charge in [-0.25, -0.2) is 4.98 Å². The van der Waals surface area contributed by atoms with Crippen molar-refractivity contribution in [3.8, 4) is 28.5 Å². The second-order valence-corrected chi connectivity index (χ2v) is 6.40. The number of amides is 1. The zero-order valence-electron chi connectivity index (χ0n) is 15.1. The summed E-state index contributed by atoms with van der Waals surface area (Å²) in [5.74, 6) is -0.560. The molecule has 0 radical (unpaired) electrons. The second-order valence-electron chi connectivity index (χ2n) is 6.40. The Morgan fingerprint density at radius 3 is 2.50 bits per heavy atom. The van der Waals surface area contributed by atoms with Gasteiger partial charge in [0.1, 0.15) is 17.4 Å². The zero-order valence-corrected chi connectivity index (χ0v) is 15.1. The van der Waals surface area contributed by atoms with Gasteiger partial charge in [0.2, 0.25) is 5.91 Å². The van der Waals surface area contributed by atoms with Gasteiger partial charge in [-0.1, -0.05) is 30.8 Å². The normalized spacial score (nSPS) is 10.7. The van der Waals surface area contributed by atoms with Crippen LogP contribution in [0.5, 0.6) is 0 Å². The summed E-state index contributed by atoms with van der Waals surface area (Å²) in [6.07, 6.45) is 5.25. The van der Waals surface area contributed by atoms with Gasteiger partial charge in [0.05, 0.1) is 18.1 Å². The van der Waals surface area contributed by atoms with Crippen LogP contribution < -0.4 is 5.73 Å². The highest BCUT2D eigenvalue weighted by Crippen LogP contribution is 2.30. The van der Waals surface area contributed by atoms with Gasteiger partial charge in [-0.2, -0.15) is 10.4 Å². The summed E-state index contributed by atoms with van der Waals surface area (Å²) in [5.41, 5.74) is 10.9. The lowest BCUT2D eigenvalue weighted by molar-refractivity contribution is -0.112. The van der Waals surface area contributed by atoms with Crippen LogP contribution in [0.1, 0.15) is 11.3 Å². The minimum atomic E-state index is -0.560. The van der Waals surface area contributed by atoms with Gasteiger partial charge in [0.15, 0.2) is 0 Å². The van der Waals surface area contributed by atoms with Crippen molar-refractivity contribution in [1.82, 2.24) is 19.2 Å². The molecule has 2 N–H and O–H groups in total. The molecule has 0 saturated carbocycles. The molecule has 0 atom stereocenters. The minimum absolute atomic E-state index is 0.251. The predicted molar refractivity (Wildman–Crippen MR) is 106 cm³/mol. The molecule has 1 aromatic carbocycles. The van der Waals surface area contributed by atoms with Crippen molar-refractivity contribution in [3.63, 3.8) is 0 Å². The average Bonchev–Trinajstić information content (AvgIpc) is 3.32. The number of hydrogen-bond acceptors (Lipinski definition) is 4. The summed E-state index contributed by atoms with van der Waals surface area (Å²) < 4.78 is 3.54. The van der Waals surface area contributed by atoms with Crippen molar-refractivity contribution in [1.29, 1.82) is 5.26 Å². The van der Waals surface area contributed by atoms with Crippen molar-refractivity contribution < 1.29 is 4.79 Å². The lowest BCUT2D eigenvalue weighted by Gasteiger charge is -2.11. The van der Waals surface area contributed by atoms with Crippen LogP contribution in [0.2, 0.25) is 0 Å². The summed E-state index contributed by atoms with van der Waals surface area (Å²) in [4.78, 5) is 15.7. The third kappa shape index (κ3) is 2.83. The van der Waals surface area contributed by atoms with Crippen LogP contribution >= 0.6 is 0 Å². The monoisotopic (exact) mass is 368 g/mol. The molecular formula is C21H16N6O. The Labute approximate surface area is 161 Å². The number of benzene rings is 1. The second kappa shape index (κ2) is 6.52. The van der Waals surface area contributed by atoms with E-state index in [1.54, 1.807) is 33.6 Å². The number of nitriles is 1. The molecule has 4 aromatic rings. The van der Waals surface area contributed by atoms with E-state index < -0.39 is 5.91 Å². The van der Waals surface area contributed by atoms with E-state index in [2.05, 4.69) is 22.7 Å². The maximum atomic E-state index is 11.3. The van der Waals surface area contributed by atoms with Crippen molar-refractivity contribution in [3.05, 3.63) is 72.8 Å². The summed E-state index contributed by atoms with van der Waals surface area (Å²) >= 11 is 0. The largest absolute Gasteiger partial charge is 0.366 e. The first kappa shape index (κ1) is 17.2. The highest BCUT2D eigenvalue weighted by molar-refractivity contribution is 6.17. The molecule has 0 fully saturated rings. The van der Waals surface area contributed by atoms with Crippen LogP contribution in [0.4, 0.5) is 0 Å². The van der Waals surface area contributed by atoms with Crippen LogP contribution in [0.25, 0.3) is 33.6 Å². The molecule has 3 aromatic heterocycles. The quantitative estimate of drug-likeness (QED) is 0.560. The summed E-state index contributed by atoms with van der Waals surface area (Å²) in [7, 11) is 1.86. The van der Waals surface area contributed by atoms with E-state index in [-0.39, 0.29) is 5.57 Å². The summed E-state index contributed by atoms with van der Waals surface area (Å²) in [6.45, 7) is 3.71. The third-order valence-electron chi connectivity index (χ3n) is 4.59. The fourth-order valence-electron chi connectivity index (χ4n) is 3.13. The molecule has 28 heavy (non-hydrogen) atoms. The Morgan fingerprint density at radius 1 is 1.14 bits per heavy atom. The number of fused-ring (bicyclic) bond motifs is 1. The number of hydrogen-bond donors (Lipinski definition) is 1. The van der Waals surface area contributed by atoms with Gasteiger partial charge >= 0.3 is 0 Å². The first-order valence-corrected chi connectivity index (χ1v) is 8.48. The van der Waals surface area contributed by atoms with Crippen LogP contribution in [-0.4, -0.2) is 25.1 Å². The molecule has 0 unspecified atom stereocenters. The molecule has 0 aliphatic rings. The number of carbonyl (C=O) groups excluding carboxylic acids is 1. The molecular weight excluding hydrogens is 352 g/mol. The van der Waals surface area contributed by atoms with Crippen molar-refractivity contribution in [2.45, 2.75) is 0 Å². The van der Waals surface area contributed by atoms with E-state index in [0.717, 1.165) is 22.4 Å². The first-order valence-electron chi connectivity index (χ1n) is 8.48. The Kier molecular flexibility index (Phi) is 4.02. The van der Waals surface area contributed by atoms with Gasteiger partial charge in [-0.05, 0) is 28.8 Å². The molecule has 7 heteroatoms. The lowest BCUT2D eigenvalue weighted by Crippen LogP contribution is -2.11. The minimum Gasteiger partial charge on any atom is -0.366 e. The van der Waals surface area contributed by atoms with Gasteiger partial charge < -0.3 is 5.73 Å². The van der Waals surface area contributed by atoms with E-state index in [9.17, 15) is 10.1 Å². The van der Waals surface area contributed by atoms with Crippen molar-refractivity contribution >= 4 is 17.1 Å². The van der Waals surface area contributed by atoms with E-state index in [4.69, 9.17) is 5.73 Å². The van der Waals surface area contributed by atoms with E-state index in [0.29, 0.717) is 16.9 Å². The molecule has 0 spiro atoms. The standard InChI is InChI=1S/C21H16N6O/c1-13(21(23)28)14-3-5-15(6-4-14)19-7-16(17-10-25-26(2)12-17)8-20-24-11-18(9-22)27(19)20/h3-8,10-12H,1H2,2H3,(H2,23,28). The van der Waals surface area contributed by atoms with Gasteiger partial charge in [0.25, 0.3) is 0 Å². The zero-order chi connectivity index (χ0) is 19.8. The fraction of sp³-hybridized carbons (Fsp3) is 0.0476. The average molecular weight is 368 g/mol. The molecule has 0 aliphatic heterocycles. The van der Waals surface area contributed by atoms with Crippen LogP contribution in [0, 0.1) is 11.3 Å². The molecule has 136 valence electrons. The number of aryl methyl sites for hydroxylation is 1. The van der Waals surface area contributed by atoms with Crippen molar-refractivity contribution in [2.24, 2.45) is 12.8 Å². The molecule has 0 aliphatic carbocycles. The number of pyridine rings is 1. The fourth-order valence-corrected chi connectivity index (χ4v) is 3.13. The topological polar surface area (TPSA) is 102 Å². The SMILES string of the molecule is C=C(C(N)=O)c1ccc(-c2cc(-c3cnn(C)c3)cc3ncc(C#N)n23)cc1. The molecule has 1 amide bonds. The molecule has 4 rings (SSSR count). The smallest absolute Gasteiger partial charge is 0.248 e. The maximum Gasteiger partial charge on any atom is 0.248 e. The molecule has 0 bridgehead atoms. The van der Waals surface area contributed by atoms with Gasteiger partial charge in [-0.15, -0.1) is 0 Å². The Balaban J connectivity index is 1.91. The third-order valence-corrected chi connectivity index (χ3v) is 4.59. The number of nitrogens with two attached hydrogens (primary N) is 1. The number of nitrogens with zero attached hydrogens (tertiary/aromatic N) is 5. The van der Waals surface area contributed by atoms with E-state index >= 15 is 0 Å². The lowest BCUT2D eigenvalue weighted by atomic mass is 10.0. The van der Waals surface area contributed by atoms with Gasteiger partial charge in [-0.3, -0.25) is 13.9 Å². The van der Waals surface area contributed by atoms with Crippen LogP contribution in [0.3, 0.4) is 0 Å². The number of imidazole rings is 1. The molecule has 7 nitrogen and oxygen atoms in total. The highest BCUT2D eigenvalue weighted by atomic mass is 16.1. The van der Waals surface area contributed by atoms with Crippen LogP contribution in [-0.2, 0) is 11.8 Å². The predicted octanol–water partition coefficient (Wildman–Crippen LogP) is 2.77. The van der Waals surface area contributed by atoms with Crippen LogP contribution in [0.15, 0.2) is 61.6 Å². The maximum absolute atomic E-state index is 11.3. The highest BCUT2D eigenvalue weighted by Gasteiger charge is 2.14. The first-order chi connectivity index (χ1) is 13.5. The molecule has 3 heterocycles. The molecule has 0 saturated heterocycles. The summed E-state index contributed by atoms with van der Waals surface area (Å²) in [5, 5.41) is 13.7. The Morgan fingerprint density at radius 2 is 1.89 bits per heavy atom. The van der Waals surface area contributed by atoms with E-state index in [1.807, 2.05) is 37.5 Å². The number of primary amides is 1. The van der Waals surface area contributed by atoms with Gasteiger partial charge in [0, 0.05) is 24.4 Å². The number of carbonyl (C=O) groups is 1. The Hall–Kier alpha value is -4.18. The summed E-state index contributed by atoms with van der Waals surface area (Å²) in [6, 6.07) is 13.4. The van der Waals surface area contributed by atoms with Crippen molar-refractivity contribution in [2.75, 3.05) is 0 Å². The Bertz CT molecular complexity index is 1270. The number of rotatable bonds is 4.